The number of nitrogens with one attached hydrogen (secondary N) is 1. The first-order chi connectivity index (χ1) is 9.72. The number of halogens is 1. The van der Waals surface area contributed by atoms with Gasteiger partial charge in [-0.3, -0.25) is 0 Å². The Morgan fingerprint density at radius 3 is 2.70 bits per heavy atom. The van der Waals surface area contributed by atoms with Gasteiger partial charge in [0, 0.05) is 15.7 Å². The van der Waals surface area contributed by atoms with Crippen molar-refractivity contribution in [2.75, 3.05) is 0 Å². The molecule has 0 saturated carbocycles. The van der Waals surface area contributed by atoms with Gasteiger partial charge in [-0.25, -0.2) is 0 Å². The molecule has 1 N–H and O–H groups in total. The van der Waals surface area contributed by atoms with E-state index in [1.165, 1.54) is 24.1 Å². The lowest BCUT2D eigenvalue weighted by atomic mass is 9.87. The fourth-order valence-corrected chi connectivity index (χ4v) is 3.60. The summed E-state index contributed by atoms with van der Waals surface area (Å²) in [6.45, 7) is 0. The van der Waals surface area contributed by atoms with Gasteiger partial charge in [-0.2, -0.15) is 5.26 Å². The molecule has 2 nitrogen and oxygen atoms in total. The predicted molar refractivity (Wildman–Crippen MR) is 86.1 cm³/mol. The topological polar surface area (TPSA) is 39.6 Å². The molecule has 4 heteroatoms. The highest BCUT2D eigenvalue weighted by Gasteiger charge is 2.20. The number of H-pyrrole nitrogens is 1. The number of aryl methyl sites for hydroxylation is 1. The Kier molecular flexibility index (Phi) is 3.73. The Bertz CT molecular complexity index is 771. The van der Waals surface area contributed by atoms with Crippen molar-refractivity contribution in [3.8, 4) is 17.2 Å². The molecule has 3 rings (SSSR count). The third-order valence-electron chi connectivity index (χ3n) is 3.77. The highest BCUT2D eigenvalue weighted by Crippen LogP contribution is 2.37. The molecule has 0 unspecified atom stereocenters. The standard InChI is InChI=1S/C16H13BrN2S/c17-13-7-3-1-5-10(13)15-11-6-2-4-8-14(11)19-16(20)12(15)9-18/h1,3,5,7H,2,4,6,8H2,(H,19,20). The van der Waals surface area contributed by atoms with Crippen LogP contribution in [0.2, 0.25) is 0 Å². The molecule has 1 aromatic heterocycles. The number of hydrogen-bond donors (Lipinski definition) is 1. The van der Waals surface area contributed by atoms with Crippen LogP contribution in [0.15, 0.2) is 28.7 Å². The number of hydrogen-bond acceptors (Lipinski definition) is 2. The average molecular weight is 345 g/mol. The van der Waals surface area contributed by atoms with Crippen molar-refractivity contribution in [1.29, 1.82) is 5.26 Å². The number of pyridine rings is 1. The van der Waals surface area contributed by atoms with Gasteiger partial charge in [0.2, 0.25) is 0 Å². The molecular weight excluding hydrogens is 332 g/mol. The van der Waals surface area contributed by atoms with Gasteiger partial charge in [0.1, 0.15) is 10.7 Å². The van der Waals surface area contributed by atoms with E-state index in [0.717, 1.165) is 28.4 Å². The van der Waals surface area contributed by atoms with Crippen LogP contribution >= 0.6 is 28.1 Å². The number of nitrogens with zero attached hydrogens (tertiary/aromatic N) is 1. The van der Waals surface area contributed by atoms with E-state index in [1.54, 1.807) is 0 Å². The van der Waals surface area contributed by atoms with Crippen molar-refractivity contribution in [1.82, 2.24) is 4.98 Å². The summed E-state index contributed by atoms with van der Waals surface area (Å²) in [5.74, 6) is 0. The molecule has 2 aromatic rings. The zero-order valence-electron chi connectivity index (χ0n) is 10.9. The van der Waals surface area contributed by atoms with Crippen LogP contribution < -0.4 is 0 Å². The van der Waals surface area contributed by atoms with Gasteiger partial charge in [-0.15, -0.1) is 0 Å². The second-order valence-electron chi connectivity index (χ2n) is 4.96. The number of aromatic amines is 1. The predicted octanol–water partition coefficient (Wildman–Crippen LogP) is 4.92. The summed E-state index contributed by atoms with van der Waals surface area (Å²) in [5.41, 5.74) is 5.12. The van der Waals surface area contributed by atoms with Crippen LogP contribution in [-0.2, 0) is 12.8 Å². The van der Waals surface area contributed by atoms with Crippen LogP contribution in [0.3, 0.4) is 0 Å². The third-order valence-corrected chi connectivity index (χ3v) is 4.76. The first-order valence-corrected chi connectivity index (χ1v) is 7.85. The maximum absolute atomic E-state index is 9.50. The number of benzene rings is 1. The summed E-state index contributed by atoms with van der Waals surface area (Å²) in [6.07, 6.45) is 4.37. The zero-order valence-corrected chi connectivity index (χ0v) is 13.3. The zero-order chi connectivity index (χ0) is 14.1. The quantitative estimate of drug-likeness (QED) is 0.745. The van der Waals surface area contributed by atoms with E-state index in [-0.39, 0.29) is 0 Å². The molecule has 100 valence electrons. The summed E-state index contributed by atoms with van der Waals surface area (Å²) in [5, 5.41) is 9.50. The van der Waals surface area contributed by atoms with Gasteiger partial charge in [0.25, 0.3) is 0 Å². The van der Waals surface area contributed by atoms with Crippen LogP contribution in [0.25, 0.3) is 11.1 Å². The Balaban J connectivity index is 2.39. The average Bonchev–Trinajstić information content (AvgIpc) is 2.46. The molecule has 0 aliphatic heterocycles. The molecule has 0 bridgehead atoms. The Morgan fingerprint density at radius 2 is 1.95 bits per heavy atom. The first-order valence-electron chi connectivity index (χ1n) is 6.65. The highest BCUT2D eigenvalue weighted by atomic mass is 79.9. The fraction of sp³-hybridized carbons (Fsp3) is 0.250. The molecule has 0 radical (unpaired) electrons. The van der Waals surface area contributed by atoms with Gasteiger partial charge in [-0.05, 0) is 42.9 Å². The van der Waals surface area contributed by atoms with E-state index in [4.69, 9.17) is 12.2 Å². The van der Waals surface area contributed by atoms with Gasteiger partial charge < -0.3 is 4.98 Å². The van der Waals surface area contributed by atoms with Gasteiger partial charge >= 0.3 is 0 Å². The lowest BCUT2D eigenvalue weighted by Gasteiger charge is -2.21. The molecule has 0 spiro atoms. The van der Waals surface area contributed by atoms with Crippen molar-refractivity contribution in [3.63, 3.8) is 0 Å². The van der Waals surface area contributed by atoms with Gasteiger partial charge in [-0.1, -0.05) is 46.3 Å². The molecule has 20 heavy (non-hydrogen) atoms. The molecular formula is C16H13BrN2S. The van der Waals surface area contributed by atoms with Crippen LogP contribution in [-0.4, -0.2) is 4.98 Å². The normalized spacial score (nSPS) is 13.6. The SMILES string of the molecule is N#Cc1c(-c2ccccc2Br)c2c([nH]c1=S)CCCC2. The molecule has 1 heterocycles. The second-order valence-corrected chi connectivity index (χ2v) is 6.22. The number of rotatable bonds is 1. The van der Waals surface area contributed by atoms with E-state index in [2.05, 4.69) is 27.0 Å². The molecule has 0 amide bonds. The number of aromatic nitrogens is 1. The van der Waals surface area contributed by atoms with E-state index < -0.39 is 0 Å². The lowest BCUT2D eigenvalue weighted by molar-refractivity contribution is 0.668. The molecule has 1 aromatic carbocycles. The smallest absolute Gasteiger partial charge is 0.122 e. The second kappa shape index (κ2) is 5.51. The van der Waals surface area contributed by atoms with Crippen molar-refractivity contribution in [2.24, 2.45) is 0 Å². The molecule has 1 aliphatic rings. The lowest BCUT2D eigenvalue weighted by Crippen LogP contribution is -2.09. The summed E-state index contributed by atoms with van der Waals surface area (Å²) in [7, 11) is 0. The van der Waals surface area contributed by atoms with Crippen LogP contribution in [0.1, 0.15) is 29.7 Å². The third kappa shape index (κ3) is 2.21. The van der Waals surface area contributed by atoms with Crippen LogP contribution in [0, 0.1) is 16.0 Å². The van der Waals surface area contributed by atoms with E-state index in [1.807, 2.05) is 24.3 Å². The minimum atomic E-state index is 0.555. The van der Waals surface area contributed by atoms with Crippen LogP contribution in [0.5, 0.6) is 0 Å². The van der Waals surface area contributed by atoms with Crippen LogP contribution in [0.4, 0.5) is 0 Å². The minimum Gasteiger partial charge on any atom is -0.349 e. The van der Waals surface area contributed by atoms with E-state index >= 15 is 0 Å². The van der Waals surface area contributed by atoms with Crippen molar-refractivity contribution in [2.45, 2.75) is 25.7 Å². The van der Waals surface area contributed by atoms with E-state index in [0.29, 0.717) is 10.2 Å². The van der Waals surface area contributed by atoms with Gasteiger partial charge in [0.15, 0.2) is 0 Å². The molecule has 1 aliphatic carbocycles. The summed E-state index contributed by atoms with van der Waals surface area (Å²) < 4.78 is 1.56. The number of nitriles is 1. The van der Waals surface area contributed by atoms with E-state index in [9.17, 15) is 5.26 Å². The summed E-state index contributed by atoms with van der Waals surface area (Å²) >= 11 is 8.97. The van der Waals surface area contributed by atoms with Crippen molar-refractivity contribution in [3.05, 3.63) is 50.2 Å². The molecule has 0 fully saturated rings. The highest BCUT2D eigenvalue weighted by molar-refractivity contribution is 9.10. The molecule has 0 atom stereocenters. The minimum absolute atomic E-state index is 0.555. The maximum atomic E-state index is 9.50. The Morgan fingerprint density at radius 1 is 1.20 bits per heavy atom. The Labute approximate surface area is 131 Å². The molecule has 0 saturated heterocycles. The number of fused-ring (bicyclic) bond motifs is 1. The Hall–Kier alpha value is -1.44. The van der Waals surface area contributed by atoms with Crippen molar-refractivity contribution < 1.29 is 0 Å². The first kappa shape index (κ1) is 13.5. The monoisotopic (exact) mass is 344 g/mol. The maximum Gasteiger partial charge on any atom is 0.122 e. The summed E-state index contributed by atoms with van der Waals surface area (Å²) in [4.78, 5) is 3.25. The fourth-order valence-electron chi connectivity index (χ4n) is 2.85. The van der Waals surface area contributed by atoms with Gasteiger partial charge in [0.05, 0.1) is 5.56 Å². The summed E-state index contributed by atoms with van der Waals surface area (Å²) in [6, 6.07) is 10.3. The largest absolute Gasteiger partial charge is 0.349 e. The van der Waals surface area contributed by atoms with Crippen molar-refractivity contribution >= 4 is 28.1 Å².